The molecule has 0 unspecified atom stereocenters. The highest BCUT2D eigenvalue weighted by Gasteiger charge is 2.10. The number of aromatic nitrogens is 2. The Kier molecular flexibility index (Phi) is 5.61. The lowest BCUT2D eigenvalue weighted by molar-refractivity contribution is -0.385. The third kappa shape index (κ3) is 4.90. The molecule has 126 valence electrons. The van der Waals surface area contributed by atoms with Gasteiger partial charge in [0.1, 0.15) is 12.4 Å². The third-order valence-electron chi connectivity index (χ3n) is 3.31. The van der Waals surface area contributed by atoms with E-state index < -0.39 is 10.9 Å². The summed E-state index contributed by atoms with van der Waals surface area (Å²) in [5, 5.41) is 26.0. The minimum atomic E-state index is -0.991. The molecule has 1 heterocycles. The third-order valence-corrected chi connectivity index (χ3v) is 3.31. The highest BCUT2D eigenvalue weighted by Crippen LogP contribution is 2.08. The van der Waals surface area contributed by atoms with Gasteiger partial charge in [0.05, 0.1) is 10.5 Å². The first-order valence-corrected chi connectivity index (χ1v) is 7.21. The molecule has 0 bridgehead atoms. The fraction of sp³-hybridized carbons (Fsp3) is 0.267. The summed E-state index contributed by atoms with van der Waals surface area (Å²) in [5.74, 6) is -1.20. The van der Waals surface area contributed by atoms with E-state index in [2.05, 4.69) is 10.4 Å². The maximum Gasteiger partial charge on any atom is 0.335 e. The molecule has 0 fully saturated rings. The van der Waals surface area contributed by atoms with Gasteiger partial charge in [-0.1, -0.05) is 12.1 Å². The number of nitrogens with one attached hydrogen (secondary N) is 1. The molecule has 2 aromatic rings. The van der Waals surface area contributed by atoms with Gasteiger partial charge in [-0.2, -0.15) is 5.10 Å². The van der Waals surface area contributed by atoms with Crippen molar-refractivity contribution >= 4 is 17.6 Å². The quantitative estimate of drug-likeness (QED) is 0.553. The zero-order valence-electron chi connectivity index (χ0n) is 12.7. The normalized spacial score (nSPS) is 10.3. The number of benzene rings is 1. The molecule has 1 aromatic heterocycles. The van der Waals surface area contributed by atoms with E-state index in [1.165, 1.54) is 16.9 Å². The Morgan fingerprint density at radius 3 is 2.83 bits per heavy atom. The number of nitro groups is 1. The smallest absolute Gasteiger partial charge is 0.335 e. The van der Waals surface area contributed by atoms with E-state index in [4.69, 9.17) is 5.11 Å². The minimum absolute atomic E-state index is 0.117. The van der Waals surface area contributed by atoms with Crippen LogP contribution in [-0.4, -0.2) is 38.2 Å². The zero-order chi connectivity index (χ0) is 17.5. The lowest BCUT2D eigenvalue weighted by Crippen LogP contribution is -2.26. The summed E-state index contributed by atoms with van der Waals surface area (Å²) in [5.41, 5.74) is 0.908. The van der Waals surface area contributed by atoms with Crippen molar-refractivity contribution < 1.29 is 19.6 Å². The van der Waals surface area contributed by atoms with Crippen LogP contribution in [0, 0.1) is 10.1 Å². The molecule has 24 heavy (non-hydrogen) atoms. The van der Waals surface area contributed by atoms with Gasteiger partial charge in [0.25, 0.3) is 0 Å². The monoisotopic (exact) mass is 332 g/mol. The van der Waals surface area contributed by atoms with Gasteiger partial charge in [0.2, 0.25) is 5.91 Å². The summed E-state index contributed by atoms with van der Waals surface area (Å²) in [6.45, 7) is 0.620. The second-order valence-corrected chi connectivity index (χ2v) is 5.07. The van der Waals surface area contributed by atoms with Crippen molar-refractivity contribution in [3.63, 3.8) is 0 Å². The Morgan fingerprint density at radius 1 is 1.38 bits per heavy atom. The van der Waals surface area contributed by atoms with E-state index in [0.717, 1.165) is 11.8 Å². The number of nitrogens with zero attached hydrogens (tertiary/aromatic N) is 3. The number of rotatable bonds is 8. The SMILES string of the molecule is O=C(CCn1cc([N+](=O)[O-])cn1)NCCc1cccc(C(=O)O)c1. The first-order chi connectivity index (χ1) is 11.5. The molecule has 9 nitrogen and oxygen atoms in total. The summed E-state index contributed by atoms with van der Waals surface area (Å²) in [7, 11) is 0. The summed E-state index contributed by atoms with van der Waals surface area (Å²) in [6.07, 6.45) is 3.06. The van der Waals surface area contributed by atoms with Crippen molar-refractivity contribution in [3.8, 4) is 0 Å². The van der Waals surface area contributed by atoms with Crippen LogP contribution in [0.25, 0.3) is 0 Å². The van der Waals surface area contributed by atoms with Crippen molar-refractivity contribution in [3.05, 3.63) is 57.9 Å². The number of carboxylic acids is 1. The fourth-order valence-electron chi connectivity index (χ4n) is 2.08. The predicted molar refractivity (Wildman–Crippen MR) is 83.6 cm³/mol. The Labute approximate surface area is 137 Å². The topological polar surface area (TPSA) is 127 Å². The first-order valence-electron chi connectivity index (χ1n) is 7.21. The Morgan fingerprint density at radius 2 is 2.17 bits per heavy atom. The standard InChI is InChI=1S/C15H16N4O5/c20-14(5-7-18-10-13(9-17-18)19(23)24)16-6-4-11-2-1-3-12(8-11)15(21)22/h1-3,8-10H,4-7H2,(H,16,20)(H,21,22). The number of carboxylic acid groups (broad SMARTS) is 1. The largest absolute Gasteiger partial charge is 0.478 e. The van der Waals surface area contributed by atoms with Crippen LogP contribution in [0.4, 0.5) is 5.69 Å². The number of amides is 1. The van der Waals surface area contributed by atoms with Gasteiger partial charge in [-0.25, -0.2) is 4.79 Å². The highest BCUT2D eigenvalue weighted by molar-refractivity contribution is 5.87. The minimum Gasteiger partial charge on any atom is -0.478 e. The van der Waals surface area contributed by atoms with Gasteiger partial charge >= 0.3 is 11.7 Å². The van der Waals surface area contributed by atoms with E-state index in [1.807, 2.05) is 0 Å². The fourth-order valence-corrected chi connectivity index (χ4v) is 2.08. The Hall–Kier alpha value is -3.23. The average molecular weight is 332 g/mol. The predicted octanol–water partition coefficient (Wildman–Crippen LogP) is 1.24. The van der Waals surface area contributed by atoms with E-state index in [9.17, 15) is 19.7 Å². The second-order valence-electron chi connectivity index (χ2n) is 5.07. The van der Waals surface area contributed by atoms with Gasteiger partial charge in [-0.05, 0) is 24.1 Å². The van der Waals surface area contributed by atoms with Crippen molar-refractivity contribution in [2.75, 3.05) is 6.54 Å². The zero-order valence-corrected chi connectivity index (χ0v) is 12.7. The van der Waals surface area contributed by atoms with Gasteiger partial charge < -0.3 is 10.4 Å². The number of hydrogen-bond acceptors (Lipinski definition) is 5. The Balaban J connectivity index is 1.74. The van der Waals surface area contributed by atoms with Gasteiger partial charge in [0, 0.05) is 19.5 Å². The van der Waals surface area contributed by atoms with Crippen molar-refractivity contribution in [2.24, 2.45) is 0 Å². The number of aryl methyl sites for hydroxylation is 1. The van der Waals surface area contributed by atoms with Crippen molar-refractivity contribution in [1.82, 2.24) is 15.1 Å². The molecule has 0 spiro atoms. The molecule has 0 saturated heterocycles. The molecule has 1 amide bonds. The lowest BCUT2D eigenvalue weighted by Gasteiger charge is -2.06. The summed E-state index contributed by atoms with van der Waals surface area (Å²) < 4.78 is 1.34. The molecule has 0 aliphatic rings. The molecule has 1 aromatic carbocycles. The summed E-state index contributed by atoms with van der Waals surface area (Å²) in [4.78, 5) is 32.6. The molecule has 2 N–H and O–H groups in total. The van der Waals surface area contributed by atoms with Gasteiger partial charge in [0.15, 0.2) is 0 Å². The molecule has 0 saturated carbocycles. The number of hydrogen-bond donors (Lipinski definition) is 2. The van der Waals surface area contributed by atoms with E-state index >= 15 is 0 Å². The van der Waals surface area contributed by atoms with Crippen LogP contribution < -0.4 is 5.32 Å². The summed E-state index contributed by atoms with van der Waals surface area (Å²) in [6, 6.07) is 6.53. The number of carbonyl (C=O) groups excluding carboxylic acids is 1. The van der Waals surface area contributed by atoms with E-state index in [1.54, 1.807) is 18.2 Å². The average Bonchev–Trinajstić information content (AvgIpc) is 3.02. The van der Waals surface area contributed by atoms with Crippen LogP contribution in [0.1, 0.15) is 22.3 Å². The van der Waals surface area contributed by atoms with Crippen LogP contribution in [0.2, 0.25) is 0 Å². The second kappa shape index (κ2) is 7.86. The van der Waals surface area contributed by atoms with Crippen LogP contribution in [0.15, 0.2) is 36.7 Å². The van der Waals surface area contributed by atoms with Crippen LogP contribution in [0.3, 0.4) is 0 Å². The molecule has 0 aliphatic carbocycles. The number of aromatic carboxylic acids is 1. The van der Waals surface area contributed by atoms with E-state index in [-0.39, 0.29) is 30.1 Å². The first kappa shape index (κ1) is 17.1. The maximum atomic E-state index is 11.7. The molecule has 0 aliphatic heterocycles. The van der Waals surface area contributed by atoms with Crippen LogP contribution >= 0.6 is 0 Å². The van der Waals surface area contributed by atoms with Crippen LogP contribution in [0.5, 0.6) is 0 Å². The van der Waals surface area contributed by atoms with Crippen molar-refractivity contribution in [1.29, 1.82) is 0 Å². The lowest BCUT2D eigenvalue weighted by atomic mass is 10.1. The van der Waals surface area contributed by atoms with Crippen molar-refractivity contribution in [2.45, 2.75) is 19.4 Å². The molecular weight excluding hydrogens is 316 g/mol. The van der Waals surface area contributed by atoms with Gasteiger partial charge in [-0.3, -0.25) is 19.6 Å². The summed E-state index contributed by atoms with van der Waals surface area (Å²) >= 11 is 0. The molecule has 2 rings (SSSR count). The Bertz CT molecular complexity index is 756. The van der Waals surface area contributed by atoms with Crippen LogP contribution in [-0.2, 0) is 17.8 Å². The highest BCUT2D eigenvalue weighted by atomic mass is 16.6. The molecule has 0 radical (unpaired) electrons. The number of carbonyl (C=O) groups is 2. The van der Waals surface area contributed by atoms with Gasteiger partial charge in [-0.15, -0.1) is 0 Å². The molecular formula is C15H16N4O5. The molecule has 0 atom stereocenters. The maximum absolute atomic E-state index is 11.7. The molecule has 9 heteroatoms. The van der Waals surface area contributed by atoms with E-state index in [0.29, 0.717) is 13.0 Å².